The van der Waals surface area contributed by atoms with Crippen LogP contribution in [0.5, 0.6) is 0 Å². The van der Waals surface area contributed by atoms with Gasteiger partial charge in [-0.25, -0.2) is 0 Å². The van der Waals surface area contributed by atoms with Gasteiger partial charge in [0.1, 0.15) is 0 Å². The second-order valence-corrected chi connectivity index (χ2v) is 4.78. The Kier molecular flexibility index (Phi) is 7.01. The summed E-state index contributed by atoms with van der Waals surface area (Å²) in [5.74, 6) is 0. The molecule has 2 unspecified atom stereocenters. The van der Waals surface area contributed by atoms with Gasteiger partial charge in [-0.15, -0.1) is 0 Å². The van der Waals surface area contributed by atoms with Gasteiger partial charge in [0, 0.05) is 19.2 Å². The third-order valence-corrected chi connectivity index (χ3v) is 3.37. The number of nitrogens with zero attached hydrogens (tertiary/aromatic N) is 1. The Bertz CT molecular complexity index is 175. The molecule has 1 N–H and O–H groups in total. The lowest BCUT2D eigenvalue weighted by Gasteiger charge is -2.25. The van der Waals surface area contributed by atoms with E-state index in [1.165, 1.54) is 19.3 Å². The minimum atomic E-state index is -0.316. The molecule has 1 fully saturated rings. The van der Waals surface area contributed by atoms with E-state index in [1.807, 2.05) is 0 Å². The Morgan fingerprint density at radius 2 is 2.25 bits per heavy atom. The Labute approximate surface area is 99.8 Å². The van der Waals surface area contributed by atoms with Gasteiger partial charge in [-0.1, -0.05) is 20.3 Å². The van der Waals surface area contributed by atoms with E-state index in [1.54, 1.807) is 0 Å². The summed E-state index contributed by atoms with van der Waals surface area (Å²) in [6.45, 7) is 7.58. The fourth-order valence-corrected chi connectivity index (χ4v) is 2.39. The van der Waals surface area contributed by atoms with Crippen LogP contribution in [-0.2, 0) is 4.74 Å². The molecule has 1 rings (SSSR count). The molecular weight excluding hydrogens is 202 g/mol. The second kappa shape index (κ2) is 8.04. The Morgan fingerprint density at radius 1 is 1.44 bits per heavy atom. The molecule has 1 saturated heterocycles. The molecule has 3 heteroatoms. The molecule has 0 spiro atoms. The van der Waals surface area contributed by atoms with E-state index in [4.69, 9.17) is 4.74 Å². The summed E-state index contributed by atoms with van der Waals surface area (Å²) in [7, 11) is 0. The summed E-state index contributed by atoms with van der Waals surface area (Å²) in [5, 5.41) is 9.86. The zero-order valence-corrected chi connectivity index (χ0v) is 10.8. The molecule has 0 aromatic rings. The molecule has 0 aliphatic carbocycles. The van der Waals surface area contributed by atoms with Crippen LogP contribution in [-0.4, -0.2) is 48.5 Å². The van der Waals surface area contributed by atoms with E-state index in [-0.39, 0.29) is 6.10 Å². The Morgan fingerprint density at radius 3 is 2.94 bits per heavy atom. The van der Waals surface area contributed by atoms with Crippen molar-refractivity contribution in [2.75, 3.05) is 26.3 Å². The van der Waals surface area contributed by atoms with Crippen molar-refractivity contribution in [3.05, 3.63) is 0 Å². The lowest BCUT2D eigenvalue weighted by Crippen LogP contribution is -2.37. The molecule has 0 bridgehead atoms. The smallest absolute Gasteiger partial charge is 0.0900 e. The van der Waals surface area contributed by atoms with E-state index in [0.717, 1.165) is 32.5 Å². The van der Waals surface area contributed by atoms with Crippen molar-refractivity contribution in [2.45, 2.75) is 58.1 Å². The van der Waals surface area contributed by atoms with Crippen LogP contribution >= 0.6 is 0 Å². The van der Waals surface area contributed by atoms with Crippen LogP contribution in [0.4, 0.5) is 0 Å². The first kappa shape index (κ1) is 13.9. The number of hydrogen-bond acceptors (Lipinski definition) is 3. The van der Waals surface area contributed by atoms with Crippen molar-refractivity contribution < 1.29 is 9.84 Å². The molecule has 16 heavy (non-hydrogen) atoms. The van der Waals surface area contributed by atoms with E-state index < -0.39 is 0 Å². The Balaban J connectivity index is 2.10. The highest BCUT2D eigenvalue weighted by Crippen LogP contribution is 2.19. The van der Waals surface area contributed by atoms with Gasteiger partial charge in [0.2, 0.25) is 0 Å². The third kappa shape index (κ3) is 4.81. The maximum Gasteiger partial charge on any atom is 0.0900 e. The van der Waals surface area contributed by atoms with Crippen LogP contribution in [0.15, 0.2) is 0 Å². The molecule has 0 saturated carbocycles. The van der Waals surface area contributed by atoms with Gasteiger partial charge in [0.25, 0.3) is 0 Å². The van der Waals surface area contributed by atoms with Crippen molar-refractivity contribution in [3.63, 3.8) is 0 Å². The van der Waals surface area contributed by atoms with E-state index >= 15 is 0 Å². The zero-order chi connectivity index (χ0) is 11.8. The average molecular weight is 229 g/mol. The first-order valence-electron chi connectivity index (χ1n) is 6.77. The number of rotatable bonds is 8. The summed E-state index contributed by atoms with van der Waals surface area (Å²) in [5.41, 5.74) is 0. The van der Waals surface area contributed by atoms with Crippen molar-refractivity contribution >= 4 is 0 Å². The molecule has 2 atom stereocenters. The van der Waals surface area contributed by atoms with Crippen LogP contribution < -0.4 is 0 Å². The normalized spacial score (nSPS) is 23.8. The van der Waals surface area contributed by atoms with E-state index in [2.05, 4.69) is 18.7 Å². The van der Waals surface area contributed by atoms with Gasteiger partial charge in [0.15, 0.2) is 0 Å². The van der Waals surface area contributed by atoms with Gasteiger partial charge >= 0.3 is 0 Å². The van der Waals surface area contributed by atoms with Crippen LogP contribution in [0, 0.1) is 0 Å². The van der Waals surface area contributed by atoms with E-state index in [0.29, 0.717) is 12.6 Å². The van der Waals surface area contributed by atoms with Gasteiger partial charge < -0.3 is 9.84 Å². The molecule has 0 amide bonds. The zero-order valence-electron chi connectivity index (χ0n) is 10.8. The molecule has 3 nitrogen and oxygen atoms in total. The monoisotopic (exact) mass is 229 g/mol. The molecule has 0 aromatic heterocycles. The molecule has 1 heterocycles. The largest absolute Gasteiger partial charge is 0.389 e. The second-order valence-electron chi connectivity index (χ2n) is 4.78. The van der Waals surface area contributed by atoms with Crippen LogP contribution in [0.25, 0.3) is 0 Å². The average Bonchev–Trinajstić information content (AvgIpc) is 2.71. The SMILES string of the molecule is CCCCOCC(O)CN1CCCC1CC. The number of hydrogen-bond donors (Lipinski definition) is 1. The molecule has 0 aromatic carbocycles. The van der Waals surface area contributed by atoms with Crippen molar-refractivity contribution in [2.24, 2.45) is 0 Å². The van der Waals surface area contributed by atoms with Gasteiger partial charge in [-0.05, 0) is 32.2 Å². The topological polar surface area (TPSA) is 32.7 Å². The van der Waals surface area contributed by atoms with Crippen molar-refractivity contribution in [1.82, 2.24) is 4.90 Å². The molecule has 0 radical (unpaired) electrons. The van der Waals surface area contributed by atoms with E-state index in [9.17, 15) is 5.11 Å². The minimum Gasteiger partial charge on any atom is -0.389 e. The summed E-state index contributed by atoms with van der Waals surface area (Å²) >= 11 is 0. The highest BCUT2D eigenvalue weighted by molar-refractivity contribution is 4.79. The predicted octanol–water partition coefficient (Wildman–Crippen LogP) is 2.04. The van der Waals surface area contributed by atoms with Gasteiger partial charge in [-0.2, -0.15) is 0 Å². The lowest BCUT2D eigenvalue weighted by molar-refractivity contribution is 0.0134. The third-order valence-electron chi connectivity index (χ3n) is 3.37. The summed E-state index contributed by atoms with van der Waals surface area (Å²) < 4.78 is 5.44. The first-order chi connectivity index (χ1) is 7.77. The number of ether oxygens (including phenoxy) is 1. The number of aliphatic hydroxyl groups is 1. The lowest BCUT2D eigenvalue weighted by atomic mass is 10.1. The summed E-state index contributed by atoms with van der Waals surface area (Å²) in [6, 6.07) is 0.685. The van der Waals surface area contributed by atoms with Gasteiger partial charge in [0.05, 0.1) is 12.7 Å². The fraction of sp³-hybridized carbons (Fsp3) is 1.00. The molecule has 96 valence electrons. The van der Waals surface area contributed by atoms with Crippen molar-refractivity contribution in [3.8, 4) is 0 Å². The quantitative estimate of drug-likeness (QED) is 0.647. The Hall–Kier alpha value is -0.120. The first-order valence-corrected chi connectivity index (χ1v) is 6.77. The maximum atomic E-state index is 9.86. The summed E-state index contributed by atoms with van der Waals surface area (Å²) in [4.78, 5) is 2.41. The summed E-state index contributed by atoms with van der Waals surface area (Å²) in [6.07, 6.45) is 5.70. The molecule has 1 aliphatic rings. The standard InChI is InChI=1S/C13H27NO2/c1-3-5-9-16-11-13(15)10-14-8-6-7-12(14)4-2/h12-13,15H,3-11H2,1-2H3. The molecular formula is C13H27NO2. The number of aliphatic hydroxyl groups excluding tert-OH is 1. The van der Waals surface area contributed by atoms with Crippen LogP contribution in [0.2, 0.25) is 0 Å². The van der Waals surface area contributed by atoms with Crippen molar-refractivity contribution in [1.29, 1.82) is 0 Å². The number of unbranched alkanes of at least 4 members (excludes halogenated alkanes) is 1. The van der Waals surface area contributed by atoms with Gasteiger partial charge in [-0.3, -0.25) is 4.90 Å². The van der Waals surface area contributed by atoms with Crippen LogP contribution in [0.3, 0.4) is 0 Å². The minimum absolute atomic E-state index is 0.316. The van der Waals surface area contributed by atoms with Crippen LogP contribution in [0.1, 0.15) is 46.0 Å². The predicted molar refractivity (Wildman–Crippen MR) is 66.6 cm³/mol. The highest BCUT2D eigenvalue weighted by Gasteiger charge is 2.24. The number of likely N-dealkylation sites (tertiary alicyclic amines) is 1. The maximum absolute atomic E-state index is 9.86. The molecule has 1 aliphatic heterocycles. The highest BCUT2D eigenvalue weighted by atomic mass is 16.5. The number of β-amino-alcohol motifs (C(OH)–C–C–N with tert-alkyl or cyclic N) is 1. The fourth-order valence-electron chi connectivity index (χ4n) is 2.39.